The average Bonchev–Trinajstić information content (AvgIpc) is 2.87. The van der Waals surface area contributed by atoms with Crippen LogP contribution in [0.2, 0.25) is 0 Å². The highest BCUT2D eigenvalue weighted by atomic mass is 16.5. The molecule has 0 atom stereocenters. The van der Waals surface area contributed by atoms with Gasteiger partial charge in [-0.1, -0.05) is 12.1 Å². The zero-order valence-corrected chi connectivity index (χ0v) is 10.9. The lowest BCUT2D eigenvalue weighted by molar-refractivity contribution is 0.253. The Kier molecular flexibility index (Phi) is 3.16. The number of hydrogen-bond acceptors (Lipinski definition) is 5. The third-order valence-corrected chi connectivity index (χ3v) is 2.84. The van der Waals surface area contributed by atoms with Crippen molar-refractivity contribution in [2.45, 2.75) is 6.61 Å². The van der Waals surface area contributed by atoms with Crippen molar-refractivity contribution in [2.75, 3.05) is 7.11 Å². The summed E-state index contributed by atoms with van der Waals surface area (Å²) in [5.41, 5.74) is 1.21. The maximum Gasteiger partial charge on any atom is 0.233 e. The van der Waals surface area contributed by atoms with Crippen LogP contribution < -0.4 is 9.47 Å². The monoisotopic (exact) mass is 271 g/mol. The first-order valence-corrected chi connectivity index (χ1v) is 6.10. The van der Waals surface area contributed by atoms with Crippen LogP contribution in [0.3, 0.4) is 0 Å². The molecular weight excluding hydrogens is 258 g/mol. The van der Waals surface area contributed by atoms with Gasteiger partial charge in [0.05, 0.1) is 7.11 Å². The molecule has 1 aromatic heterocycles. The van der Waals surface area contributed by atoms with E-state index in [2.05, 4.69) is 4.98 Å². The zero-order valence-electron chi connectivity index (χ0n) is 10.9. The van der Waals surface area contributed by atoms with Crippen LogP contribution >= 0.6 is 0 Å². The predicted molar refractivity (Wildman–Crippen MR) is 73.0 cm³/mol. The Morgan fingerprint density at radius 1 is 1.15 bits per heavy atom. The third-order valence-electron chi connectivity index (χ3n) is 2.84. The molecule has 0 aliphatic rings. The number of hydrogen-bond donors (Lipinski definition) is 1. The summed E-state index contributed by atoms with van der Waals surface area (Å²) in [4.78, 5) is 4.25. The van der Waals surface area contributed by atoms with Crippen molar-refractivity contribution < 1.29 is 19.0 Å². The van der Waals surface area contributed by atoms with Gasteiger partial charge in [-0.05, 0) is 24.3 Å². The van der Waals surface area contributed by atoms with Gasteiger partial charge in [-0.3, -0.25) is 0 Å². The molecule has 0 saturated heterocycles. The van der Waals surface area contributed by atoms with Gasteiger partial charge in [-0.15, -0.1) is 0 Å². The molecule has 5 heteroatoms. The number of aromatic hydroxyl groups is 1. The smallest absolute Gasteiger partial charge is 0.233 e. The normalized spacial score (nSPS) is 10.7. The number of methoxy groups -OCH3 is 1. The second-order valence-corrected chi connectivity index (χ2v) is 4.20. The average molecular weight is 271 g/mol. The molecule has 0 unspecified atom stereocenters. The Morgan fingerprint density at radius 3 is 2.75 bits per heavy atom. The van der Waals surface area contributed by atoms with Gasteiger partial charge in [0.25, 0.3) is 0 Å². The second-order valence-electron chi connectivity index (χ2n) is 4.20. The Balaban J connectivity index is 1.79. The molecule has 0 fully saturated rings. The van der Waals surface area contributed by atoms with Crippen LogP contribution in [0.25, 0.3) is 11.1 Å². The lowest BCUT2D eigenvalue weighted by atomic mass is 10.3. The number of nitrogens with zero attached hydrogens (tertiary/aromatic N) is 1. The van der Waals surface area contributed by atoms with Crippen molar-refractivity contribution in [3.8, 4) is 17.2 Å². The van der Waals surface area contributed by atoms with E-state index in [1.54, 1.807) is 25.3 Å². The fourth-order valence-corrected chi connectivity index (χ4v) is 1.90. The number of ether oxygens (including phenoxy) is 2. The summed E-state index contributed by atoms with van der Waals surface area (Å²) in [6, 6.07) is 12.1. The summed E-state index contributed by atoms with van der Waals surface area (Å²) in [6.07, 6.45) is 0. The quantitative estimate of drug-likeness (QED) is 0.789. The van der Waals surface area contributed by atoms with Crippen LogP contribution in [0.4, 0.5) is 0 Å². The number of fused-ring (bicyclic) bond motifs is 1. The molecule has 2 aromatic carbocycles. The van der Waals surface area contributed by atoms with Crippen molar-refractivity contribution in [3.05, 3.63) is 48.4 Å². The van der Waals surface area contributed by atoms with E-state index in [1.165, 1.54) is 0 Å². The van der Waals surface area contributed by atoms with Gasteiger partial charge in [-0.2, -0.15) is 0 Å². The van der Waals surface area contributed by atoms with Crippen LogP contribution in [0, 0.1) is 0 Å². The van der Waals surface area contributed by atoms with Crippen molar-refractivity contribution in [2.24, 2.45) is 0 Å². The highest BCUT2D eigenvalue weighted by Crippen LogP contribution is 2.27. The minimum atomic E-state index is 0.156. The number of phenolic OH excluding ortho intramolecular Hbond substituents is 1. The van der Waals surface area contributed by atoms with Gasteiger partial charge in [-0.25, -0.2) is 4.98 Å². The van der Waals surface area contributed by atoms with E-state index in [-0.39, 0.29) is 12.4 Å². The topological polar surface area (TPSA) is 64.7 Å². The number of benzene rings is 2. The van der Waals surface area contributed by atoms with Gasteiger partial charge < -0.3 is 19.0 Å². The summed E-state index contributed by atoms with van der Waals surface area (Å²) in [5.74, 6) is 1.88. The van der Waals surface area contributed by atoms with E-state index in [9.17, 15) is 5.11 Å². The Bertz CT molecular complexity index is 736. The van der Waals surface area contributed by atoms with Gasteiger partial charge >= 0.3 is 0 Å². The molecular formula is C15H13NO4. The Hall–Kier alpha value is -2.69. The summed E-state index contributed by atoms with van der Waals surface area (Å²) >= 11 is 0. The number of phenols is 1. The van der Waals surface area contributed by atoms with Gasteiger partial charge in [0.1, 0.15) is 11.3 Å². The predicted octanol–water partition coefficient (Wildman–Crippen LogP) is 3.12. The van der Waals surface area contributed by atoms with E-state index in [4.69, 9.17) is 13.9 Å². The maximum atomic E-state index is 9.39. The van der Waals surface area contributed by atoms with Crippen molar-refractivity contribution in [1.82, 2.24) is 4.98 Å². The molecule has 0 amide bonds. The highest BCUT2D eigenvalue weighted by Gasteiger charge is 2.09. The molecule has 0 spiro atoms. The summed E-state index contributed by atoms with van der Waals surface area (Å²) in [7, 11) is 1.59. The van der Waals surface area contributed by atoms with Crippen LogP contribution in [-0.4, -0.2) is 17.2 Å². The molecule has 0 aliphatic heterocycles. The molecule has 0 saturated carbocycles. The molecule has 1 heterocycles. The fraction of sp³-hybridized carbons (Fsp3) is 0.133. The molecule has 5 nitrogen and oxygen atoms in total. The molecule has 0 radical (unpaired) electrons. The van der Waals surface area contributed by atoms with E-state index < -0.39 is 0 Å². The van der Waals surface area contributed by atoms with Crippen LogP contribution in [-0.2, 0) is 6.61 Å². The van der Waals surface area contributed by atoms with Gasteiger partial charge in [0, 0.05) is 6.07 Å². The van der Waals surface area contributed by atoms with Crippen LogP contribution in [0.1, 0.15) is 5.89 Å². The van der Waals surface area contributed by atoms with E-state index in [0.29, 0.717) is 28.5 Å². The first-order chi connectivity index (χ1) is 9.76. The first kappa shape index (κ1) is 12.3. The van der Waals surface area contributed by atoms with Crippen LogP contribution in [0.15, 0.2) is 46.9 Å². The van der Waals surface area contributed by atoms with Gasteiger partial charge in [0.2, 0.25) is 5.89 Å². The third kappa shape index (κ3) is 2.38. The second kappa shape index (κ2) is 5.13. The summed E-state index contributed by atoms with van der Waals surface area (Å²) in [6.45, 7) is 0.190. The molecule has 0 aliphatic carbocycles. The fourth-order valence-electron chi connectivity index (χ4n) is 1.90. The molecule has 0 bridgehead atoms. The van der Waals surface area contributed by atoms with Gasteiger partial charge in [0.15, 0.2) is 23.7 Å². The molecule has 102 valence electrons. The minimum absolute atomic E-state index is 0.156. The minimum Gasteiger partial charge on any atom is -0.508 e. The van der Waals surface area contributed by atoms with E-state index in [1.807, 2.05) is 24.3 Å². The standard InChI is InChI=1S/C15H13NO4/c1-18-13-4-2-3-5-14(13)19-9-15-16-11-8-10(17)6-7-12(11)20-15/h2-8,17H,9H2,1H3. The summed E-state index contributed by atoms with van der Waals surface area (Å²) < 4.78 is 16.4. The molecule has 3 aromatic rings. The number of oxazole rings is 1. The lowest BCUT2D eigenvalue weighted by Crippen LogP contribution is -1.97. The van der Waals surface area contributed by atoms with Crippen molar-refractivity contribution in [3.63, 3.8) is 0 Å². The van der Waals surface area contributed by atoms with Crippen molar-refractivity contribution in [1.29, 1.82) is 0 Å². The Labute approximate surface area is 115 Å². The number of aromatic nitrogens is 1. The largest absolute Gasteiger partial charge is 0.508 e. The number of para-hydroxylation sites is 2. The highest BCUT2D eigenvalue weighted by molar-refractivity contribution is 5.74. The van der Waals surface area contributed by atoms with Crippen LogP contribution in [0.5, 0.6) is 17.2 Å². The first-order valence-electron chi connectivity index (χ1n) is 6.10. The molecule has 1 N–H and O–H groups in total. The van der Waals surface area contributed by atoms with E-state index in [0.717, 1.165) is 0 Å². The van der Waals surface area contributed by atoms with Crippen molar-refractivity contribution >= 4 is 11.1 Å². The maximum absolute atomic E-state index is 9.39. The van der Waals surface area contributed by atoms with E-state index >= 15 is 0 Å². The Morgan fingerprint density at radius 2 is 1.95 bits per heavy atom. The number of rotatable bonds is 4. The molecule has 3 rings (SSSR count). The lowest BCUT2D eigenvalue weighted by Gasteiger charge is -2.08. The summed E-state index contributed by atoms with van der Waals surface area (Å²) in [5, 5.41) is 9.39. The molecule has 20 heavy (non-hydrogen) atoms. The zero-order chi connectivity index (χ0) is 13.9. The SMILES string of the molecule is COc1ccccc1OCc1nc2cc(O)ccc2o1.